The summed E-state index contributed by atoms with van der Waals surface area (Å²) in [6, 6.07) is 5.26. The van der Waals surface area contributed by atoms with E-state index in [4.69, 9.17) is 0 Å². The highest BCUT2D eigenvalue weighted by Gasteiger charge is 2.23. The van der Waals surface area contributed by atoms with E-state index in [0.29, 0.717) is 4.47 Å². The molecule has 0 radical (unpaired) electrons. The molecule has 0 saturated heterocycles. The van der Waals surface area contributed by atoms with Crippen LogP contribution >= 0.6 is 15.9 Å². The fourth-order valence-corrected chi connectivity index (χ4v) is 2.27. The number of benzene rings is 1. The molecule has 1 aromatic carbocycles. The van der Waals surface area contributed by atoms with Gasteiger partial charge >= 0.3 is 0 Å². The van der Waals surface area contributed by atoms with Crippen LogP contribution in [-0.2, 0) is 6.54 Å². The summed E-state index contributed by atoms with van der Waals surface area (Å²) in [6.45, 7) is 5.18. The number of halogens is 2. The Morgan fingerprint density at radius 3 is 2.81 bits per heavy atom. The number of nitrogens with zero attached hydrogens (tertiary/aromatic N) is 1. The summed E-state index contributed by atoms with van der Waals surface area (Å²) in [7, 11) is 0. The maximum atomic E-state index is 13.3. The number of hydrogen-bond acceptors (Lipinski definition) is 1. The van der Waals surface area contributed by atoms with Crippen LogP contribution in [0.15, 0.2) is 22.7 Å². The summed E-state index contributed by atoms with van der Waals surface area (Å²) >= 11 is 3.32. The molecule has 0 heterocycles. The van der Waals surface area contributed by atoms with Crippen LogP contribution in [0.1, 0.15) is 25.3 Å². The first kappa shape index (κ1) is 12.1. The standard InChI is InChI=1S/C13H17BrFN/c1-2-16(8-10-6-7-10)9-11-4-3-5-12(15)13(11)14/h3-5,10H,2,6-9H2,1H3. The monoisotopic (exact) mass is 285 g/mol. The molecule has 1 fully saturated rings. The molecule has 3 heteroatoms. The normalized spacial score (nSPS) is 15.8. The zero-order valence-electron chi connectivity index (χ0n) is 9.55. The molecule has 0 N–H and O–H groups in total. The third-order valence-corrected chi connectivity index (χ3v) is 3.97. The van der Waals surface area contributed by atoms with Gasteiger partial charge in [0.2, 0.25) is 0 Å². The minimum absolute atomic E-state index is 0.167. The predicted molar refractivity (Wildman–Crippen MR) is 67.8 cm³/mol. The zero-order valence-corrected chi connectivity index (χ0v) is 11.1. The van der Waals surface area contributed by atoms with Gasteiger partial charge in [-0.3, -0.25) is 4.90 Å². The third-order valence-electron chi connectivity index (χ3n) is 3.09. The molecule has 0 bridgehead atoms. The quantitative estimate of drug-likeness (QED) is 0.795. The van der Waals surface area contributed by atoms with Gasteiger partial charge < -0.3 is 0 Å². The van der Waals surface area contributed by atoms with Gasteiger partial charge in [0.15, 0.2) is 0 Å². The van der Waals surface area contributed by atoms with Gasteiger partial charge in [0.05, 0.1) is 4.47 Å². The first-order chi connectivity index (χ1) is 7.70. The van der Waals surface area contributed by atoms with Gasteiger partial charge in [0, 0.05) is 13.1 Å². The van der Waals surface area contributed by atoms with Crippen molar-refractivity contribution in [2.24, 2.45) is 5.92 Å². The van der Waals surface area contributed by atoms with Gasteiger partial charge in [0.25, 0.3) is 0 Å². The average molecular weight is 286 g/mol. The molecule has 0 unspecified atom stereocenters. The van der Waals surface area contributed by atoms with Crippen LogP contribution in [0.2, 0.25) is 0 Å². The Morgan fingerprint density at radius 2 is 2.19 bits per heavy atom. The van der Waals surface area contributed by atoms with E-state index < -0.39 is 0 Å². The lowest BCUT2D eigenvalue weighted by molar-refractivity contribution is 0.267. The van der Waals surface area contributed by atoms with Crippen molar-refractivity contribution in [2.75, 3.05) is 13.1 Å². The minimum Gasteiger partial charge on any atom is -0.299 e. The Kier molecular flexibility index (Phi) is 3.98. The first-order valence-corrected chi connectivity index (χ1v) is 6.65. The molecule has 88 valence electrons. The van der Waals surface area contributed by atoms with E-state index in [2.05, 4.69) is 27.8 Å². The molecular formula is C13H17BrFN. The van der Waals surface area contributed by atoms with Crippen molar-refractivity contribution in [1.82, 2.24) is 4.90 Å². The SMILES string of the molecule is CCN(Cc1cccc(F)c1Br)CC1CC1. The van der Waals surface area contributed by atoms with Crippen LogP contribution in [0, 0.1) is 11.7 Å². The van der Waals surface area contributed by atoms with E-state index >= 15 is 0 Å². The molecule has 0 atom stereocenters. The summed E-state index contributed by atoms with van der Waals surface area (Å²) in [5.74, 6) is 0.715. The average Bonchev–Trinajstić information content (AvgIpc) is 3.07. The largest absolute Gasteiger partial charge is 0.299 e. The van der Waals surface area contributed by atoms with Crippen LogP contribution in [0.25, 0.3) is 0 Å². The number of rotatable bonds is 5. The highest BCUT2D eigenvalue weighted by atomic mass is 79.9. The van der Waals surface area contributed by atoms with E-state index in [1.807, 2.05) is 6.07 Å². The molecule has 0 aliphatic heterocycles. The summed E-state index contributed by atoms with van der Waals surface area (Å²) < 4.78 is 14.0. The van der Waals surface area contributed by atoms with Crippen LogP contribution < -0.4 is 0 Å². The van der Waals surface area contributed by atoms with E-state index in [1.54, 1.807) is 6.07 Å². The molecule has 0 spiro atoms. The van der Waals surface area contributed by atoms with Crippen LogP contribution in [-0.4, -0.2) is 18.0 Å². The highest BCUT2D eigenvalue weighted by molar-refractivity contribution is 9.10. The van der Waals surface area contributed by atoms with Crippen molar-refractivity contribution in [3.63, 3.8) is 0 Å². The molecule has 1 aliphatic rings. The second kappa shape index (κ2) is 5.28. The van der Waals surface area contributed by atoms with Crippen LogP contribution in [0.5, 0.6) is 0 Å². The Hall–Kier alpha value is -0.410. The summed E-state index contributed by atoms with van der Waals surface area (Å²) in [6.07, 6.45) is 2.72. The lowest BCUT2D eigenvalue weighted by Crippen LogP contribution is -2.25. The van der Waals surface area contributed by atoms with Crippen molar-refractivity contribution in [3.05, 3.63) is 34.1 Å². The third kappa shape index (κ3) is 3.05. The molecule has 16 heavy (non-hydrogen) atoms. The molecule has 1 saturated carbocycles. The van der Waals surface area contributed by atoms with Crippen LogP contribution in [0.3, 0.4) is 0 Å². The fraction of sp³-hybridized carbons (Fsp3) is 0.538. The Balaban J connectivity index is 2.02. The zero-order chi connectivity index (χ0) is 11.5. The van der Waals surface area contributed by atoms with Crippen molar-refractivity contribution in [2.45, 2.75) is 26.3 Å². The topological polar surface area (TPSA) is 3.24 Å². The van der Waals surface area contributed by atoms with E-state index in [0.717, 1.165) is 31.1 Å². The van der Waals surface area contributed by atoms with Crippen molar-refractivity contribution >= 4 is 15.9 Å². The van der Waals surface area contributed by atoms with E-state index in [1.165, 1.54) is 18.9 Å². The Labute approximate surface area is 105 Å². The maximum absolute atomic E-state index is 13.3. The smallest absolute Gasteiger partial charge is 0.137 e. The van der Waals surface area contributed by atoms with Crippen LogP contribution in [0.4, 0.5) is 4.39 Å². The molecule has 1 nitrogen and oxygen atoms in total. The van der Waals surface area contributed by atoms with Gasteiger partial charge in [0.1, 0.15) is 5.82 Å². The second-order valence-electron chi connectivity index (χ2n) is 4.48. The molecule has 1 aromatic rings. The Bertz CT molecular complexity index is 363. The van der Waals surface area contributed by atoms with E-state index in [9.17, 15) is 4.39 Å². The summed E-state index contributed by atoms with van der Waals surface area (Å²) in [4.78, 5) is 2.39. The Morgan fingerprint density at radius 1 is 1.44 bits per heavy atom. The fourth-order valence-electron chi connectivity index (χ4n) is 1.88. The second-order valence-corrected chi connectivity index (χ2v) is 5.28. The molecular weight excluding hydrogens is 269 g/mol. The predicted octanol–water partition coefficient (Wildman–Crippen LogP) is 3.82. The maximum Gasteiger partial charge on any atom is 0.137 e. The van der Waals surface area contributed by atoms with Crippen molar-refractivity contribution in [1.29, 1.82) is 0 Å². The molecule has 1 aliphatic carbocycles. The molecule has 0 aromatic heterocycles. The molecule has 2 rings (SSSR count). The number of hydrogen-bond donors (Lipinski definition) is 0. The summed E-state index contributed by atoms with van der Waals surface area (Å²) in [5, 5.41) is 0. The lowest BCUT2D eigenvalue weighted by atomic mass is 10.2. The molecule has 0 amide bonds. The van der Waals surface area contributed by atoms with Gasteiger partial charge in [-0.2, -0.15) is 0 Å². The van der Waals surface area contributed by atoms with Gasteiger partial charge in [-0.05, 0) is 52.9 Å². The highest BCUT2D eigenvalue weighted by Crippen LogP contribution is 2.30. The van der Waals surface area contributed by atoms with Gasteiger partial charge in [-0.1, -0.05) is 19.1 Å². The summed E-state index contributed by atoms with van der Waals surface area (Å²) in [5.41, 5.74) is 1.04. The van der Waals surface area contributed by atoms with Crippen molar-refractivity contribution < 1.29 is 4.39 Å². The lowest BCUT2D eigenvalue weighted by Gasteiger charge is -2.21. The first-order valence-electron chi connectivity index (χ1n) is 5.86. The van der Waals surface area contributed by atoms with Gasteiger partial charge in [-0.25, -0.2) is 4.39 Å². The minimum atomic E-state index is -0.167. The van der Waals surface area contributed by atoms with Gasteiger partial charge in [-0.15, -0.1) is 0 Å². The van der Waals surface area contributed by atoms with E-state index in [-0.39, 0.29) is 5.82 Å². The van der Waals surface area contributed by atoms with Crippen molar-refractivity contribution in [3.8, 4) is 0 Å².